The van der Waals surface area contributed by atoms with Gasteiger partial charge in [0.25, 0.3) is 0 Å². The lowest BCUT2D eigenvalue weighted by Gasteiger charge is -1.78. The van der Waals surface area contributed by atoms with Crippen molar-refractivity contribution >= 4 is 10.1 Å². The van der Waals surface area contributed by atoms with Crippen LogP contribution < -0.4 is 4.66 Å². The van der Waals surface area contributed by atoms with Gasteiger partial charge in [0.2, 0.25) is 0 Å². The molecule has 0 aromatic carbocycles. The minimum absolute atomic E-state index is 0.0297. The Hall–Kier alpha value is 0.160. The van der Waals surface area contributed by atoms with Gasteiger partial charge in [-0.05, 0) is 0 Å². The largest absolute Gasteiger partial charge is 0.505 e. The molecule has 4 nitrogen and oxygen atoms in total. The van der Waals surface area contributed by atoms with Crippen LogP contribution in [0.4, 0.5) is 0 Å². The van der Waals surface area contributed by atoms with Gasteiger partial charge in [0.1, 0.15) is 0 Å². The Morgan fingerprint density at radius 3 is 2.14 bits per heavy atom. The Bertz CT molecular complexity index is 125. The van der Waals surface area contributed by atoms with Gasteiger partial charge in [0, 0.05) is 3.74 Å². The Labute approximate surface area is 45.3 Å². The standard InChI is InChI=1S/CH3ClO4S/c1-7(4,5)6-2-3/h1H3. The van der Waals surface area contributed by atoms with Crippen LogP contribution >= 0.6 is 0 Å². The molecule has 0 radical (unpaired) electrons. The highest BCUT2D eigenvalue weighted by atomic mass is 35.6. The fraction of sp³-hybridized carbons (Fsp3) is 1.00. The zero-order valence-corrected chi connectivity index (χ0v) is 4.99. The molecular formula is CH3ClO4S. The maximum Gasteiger partial charge on any atom is 0.349 e. The second-order valence-electron chi connectivity index (χ2n) is 0.830. The van der Waals surface area contributed by atoms with Crippen LogP contribution in [-0.4, -0.2) is 14.7 Å². The number of halogens is 1. The van der Waals surface area contributed by atoms with Crippen molar-refractivity contribution in [3.05, 3.63) is 0 Å². The Balaban J connectivity index is 3.60. The van der Waals surface area contributed by atoms with Crippen molar-refractivity contribution in [2.45, 2.75) is 0 Å². The van der Waals surface area contributed by atoms with Crippen LogP contribution in [0.2, 0.25) is 0 Å². The lowest BCUT2D eigenvalue weighted by Crippen LogP contribution is -2.09. The first kappa shape index (κ1) is 7.16. The summed E-state index contributed by atoms with van der Waals surface area (Å²) in [6, 6.07) is 0. The van der Waals surface area contributed by atoms with Crippen molar-refractivity contribution in [1.82, 2.24) is 0 Å². The Kier molecular flexibility index (Phi) is 2.52. The minimum Gasteiger partial charge on any atom is -0.505 e. The van der Waals surface area contributed by atoms with Gasteiger partial charge >= 0.3 is 21.4 Å². The maximum absolute atomic E-state index is 9.77. The van der Waals surface area contributed by atoms with Gasteiger partial charge in [-0.15, -0.1) is 0 Å². The second-order valence-corrected chi connectivity index (χ2v) is 2.87. The van der Waals surface area contributed by atoms with Gasteiger partial charge in [0.05, 0.1) is 6.26 Å². The maximum atomic E-state index is 9.77. The first-order valence-electron chi connectivity index (χ1n) is 1.22. The lowest BCUT2D eigenvalue weighted by atomic mass is 12.0. The fourth-order valence-corrected chi connectivity index (χ4v) is 0.420. The SMILES string of the molecule is CS(=O)(=O)O[Cl+][O-]. The summed E-state index contributed by atoms with van der Waals surface area (Å²) in [5.41, 5.74) is 0. The third-order valence-electron chi connectivity index (χ3n) is 0.140. The van der Waals surface area contributed by atoms with E-state index < -0.39 is 10.1 Å². The van der Waals surface area contributed by atoms with E-state index in [9.17, 15) is 13.1 Å². The van der Waals surface area contributed by atoms with Crippen molar-refractivity contribution in [2.24, 2.45) is 0 Å². The second kappa shape index (κ2) is 2.46. The molecule has 0 unspecified atom stereocenters. The van der Waals surface area contributed by atoms with Crippen LogP contribution in [0.1, 0.15) is 0 Å². The van der Waals surface area contributed by atoms with Crippen molar-refractivity contribution in [3.8, 4) is 0 Å². The summed E-state index contributed by atoms with van der Waals surface area (Å²) in [7, 11) is -3.55. The molecule has 0 atom stereocenters. The van der Waals surface area contributed by atoms with Gasteiger partial charge in [-0.25, -0.2) is 0 Å². The van der Waals surface area contributed by atoms with Crippen LogP contribution in [0.5, 0.6) is 0 Å². The number of rotatable bonds is 2. The lowest BCUT2D eigenvalue weighted by molar-refractivity contribution is -1.25. The van der Waals surface area contributed by atoms with E-state index in [4.69, 9.17) is 0 Å². The van der Waals surface area contributed by atoms with Crippen LogP contribution in [0.25, 0.3) is 0 Å². The molecule has 0 saturated heterocycles. The van der Waals surface area contributed by atoms with E-state index in [-0.39, 0.29) is 11.3 Å². The molecule has 6 heteroatoms. The molecule has 0 aromatic heterocycles. The van der Waals surface area contributed by atoms with Crippen LogP contribution in [0.3, 0.4) is 0 Å². The predicted molar refractivity (Wildman–Crippen MR) is 15.9 cm³/mol. The summed E-state index contributed by atoms with van der Waals surface area (Å²) in [6.45, 7) is 0. The average Bonchev–Trinajstić information content (AvgIpc) is 1.30. The first-order valence-corrected chi connectivity index (χ1v) is 3.65. The Morgan fingerprint density at radius 1 is 1.71 bits per heavy atom. The first-order chi connectivity index (χ1) is 3.06. The van der Waals surface area contributed by atoms with E-state index in [2.05, 4.69) is 3.74 Å². The molecule has 0 amide bonds. The van der Waals surface area contributed by atoms with Crippen LogP contribution in [-0.2, 0) is 13.9 Å². The molecule has 0 bridgehead atoms. The van der Waals surface area contributed by atoms with Crippen molar-refractivity contribution in [3.63, 3.8) is 0 Å². The molecule has 0 aromatic rings. The van der Waals surface area contributed by atoms with Gasteiger partial charge in [-0.2, -0.15) is 8.42 Å². The van der Waals surface area contributed by atoms with E-state index in [0.29, 0.717) is 0 Å². The highest BCUT2D eigenvalue weighted by Crippen LogP contribution is 1.81. The summed E-state index contributed by atoms with van der Waals surface area (Å²) >= 11 is -0.0297. The van der Waals surface area contributed by atoms with Crippen LogP contribution in [0.15, 0.2) is 0 Å². The Morgan fingerprint density at radius 2 is 2.14 bits per heavy atom. The van der Waals surface area contributed by atoms with Gasteiger partial charge in [0.15, 0.2) is 0 Å². The summed E-state index contributed by atoms with van der Waals surface area (Å²) in [4.78, 5) is 0. The molecule has 44 valence electrons. The highest BCUT2D eigenvalue weighted by Gasteiger charge is 2.06. The molecule has 0 heterocycles. The molecule has 0 spiro atoms. The zero-order chi connectivity index (χ0) is 5.91. The molecule has 0 aliphatic rings. The predicted octanol–water partition coefficient (Wildman–Crippen LogP) is -1.76. The normalized spacial score (nSPS) is 11.7. The molecule has 0 rings (SSSR count). The third kappa shape index (κ3) is 6.16. The van der Waals surface area contributed by atoms with Crippen molar-refractivity contribution in [2.75, 3.05) is 6.26 Å². The minimum atomic E-state index is -3.55. The van der Waals surface area contributed by atoms with E-state index in [1.165, 1.54) is 0 Å². The van der Waals surface area contributed by atoms with E-state index in [1.54, 1.807) is 0 Å². The highest BCUT2D eigenvalue weighted by molar-refractivity contribution is 7.85. The number of hydrogen-bond acceptors (Lipinski definition) is 4. The van der Waals surface area contributed by atoms with Gasteiger partial charge in [-0.1, -0.05) is 0 Å². The van der Waals surface area contributed by atoms with Gasteiger partial charge in [-0.3, -0.25) is 0 Å². The molecule has 0 N–H and O–H groups in total. The summed E-state index contributed by atoms with van der Waals surface area (Å²) in [5.74, 6) is 0. The molecule has 0 aliphatic heterocycles. The van der Waals surface area contributed by atoms with E-state index in [0.717, 1.165) is 6.26 Å². The zero-order valence-electron chi connectivity index (χ0n) is 3.42. The van der Waals surface area contributed by atoms with Crippen molar-refractivity contribution < 1.29 is 28.1 Å². The molecule has 0 aliphatic carbocycles. The summed E-state index contributed by atoms with van der Waals surface area (Å²) < 4.78 is 32.3. The quantitative estimate of drug-likeness (QED) is 0.463. The molecule has 7 heavy (non-hydrogen) atoms. The van der Waals surface area contributed by atoms with Gasteiger partial charge < -0.3 is 4.66 Å². The number of hydrogen-bond donors (Lipinski definition) is 0. The van der Waals surface area contributed by atoms with Crippen molar-refractivity contribution in [1.29, 1.82) is 0 Å². The van der Waals surface area contributed by atoms with E-state index >= 15 is 0 Å². The monoisotopic (exact) mass is 146 g/mol. The summed E-state index contributed by atoms with van der Waals surface area (Å²) in [5, 5.41) is 0. The molecule has 0 saturated carbocycles. The third-order valence-corrected chi connectivity index (χ3v) is 1.26. The fourth-order valence-electron chi connectivity index (χ4n) is 0.0467. The molecular weight excluding hydrogens is 144 g/mol. The topological polar surface area (TPSA) is 66.4 Å². The summed E-state index contributed by atoms with van der Waals surface area (Å²) in [6.07, 6.45) is 0.790. The average molecular weight is 147 g/mol. The van der Waals surface area contributed by atoms with E-state index in [1.807, 2.05) is 0 Å². The smallest absolute Gasteiger partial charge is 0.349 e. The molecule has 0 fully saturated rings. The van der Waals surface area contributed by atoms with Crippen LogP contribution in [0, 0.1) is 11.3 Å².